The quantitative estimate of drug-likeness (QED) is 0.213. The maximum Gasteiger partial charge on any atom is 0.407 e. The van der Waals surface area contributed by atoms with Crippen LogP contribution >= 0.6 is 11.8 Å². The van der Waals surface area contributed by atoms with Crippen molar-refractivity contribution >= 4 is 17.9 Å². The molecule has 1 aliphatic heterocycles. The largest absolute Gasteiger partial charge is 0.444 e. The number of amides is 1. The number of carbonyl (C=O) groups is 1. The molecule has 6 unspecified atom stereocenters. The van der Waals surface area contributed by atoms with Gasteiger partial charge in [0.1, 0.15) is 35.5 Å². The van der Waals surface area contributed by atoms with Crippen molar-refractivity contribution in [2.75, 3.05) is 6.26 Å². The number of carbonyl (C=O) groups excluding carboxylic acids is 1. The molecule has 0 spiro atoms. The molecule has 6 atom stereocenters. The second-order valence-corrected chi connectivity index (χ2v) is 13.3. The lowest BCUT2D eigenvalue weighted by molar-refractivity contribution is -0.253. The smallest absolute Gasteiger partial charge is 0.407 e. The van der Waals surface area contributed by atoms with Crippen molar-refractivity contribution in [3.8, 4) is 0 Å². The van der Waals surface area contributed by atoms with Crippen molar-refractivity contribution < 1.29 is 28.5 Å². The van der Waals surface area contributed by atoms with E-state index in [1.54, 1.807) is 11.8 Å². The van der Waals surface area contributed by atoms with Gasteiger partial charge < -0.3 is 29.0 Å². The zero-order valence-corrected chi connectivity index (χ0v) is 27.5. The minimum atomic E-state index is -0.637. The van der Waals surface area contributed by atoms with Crippen LogP contribution in [0, 0.1) is 5.92 Å². The average molecular weight is 622 g/mol. The van der Waals surface area contributed by atoms with Gasteiger partial charge in [-0.3, -0.25) is 0 Å². The molecule has 0 saturated carbocycles. The average Bonchev–Trinajstić information content (AvgIpc) is 3.01. The van der Waals surface area contributed by atoms with E-state index in [-0.39, 0.29) is 11.4 Å². The Morgan fingerprint density at radius 3 is 1.59 bits per heavy atom. The molecule has 1 fully saturated rings. The second kappa shape index (κ2) is 16.4. The van der Waals surface area contributed by atoms with Gasteiger partial charge in [-0.2, -0.15) is 0 Å². The molecule has 44 heavy (non-hydrogen) atoms. The molecular formula is C36H47NO6S. The van der Waals surface area contributed by atoms with E-state index in [4.69, 9.17) is 23.7 Å². The maximum absolute atomic E-state index is 13.1. The van der Waals surface area contributed by atoms with Crippen LogP contribution in [0.25, 0.3) is 0 Å². The molecule has 1 N–H and O–H groups in total. The molecule has 1 saturated heterocycles. The van der Waals surface area contributed by atoms with Crippen molar-refractivity contribution in [2.45, 2.75) is 95.9 Å². The molecule has 1 heterocycles. The lowest BCUT2D eigenvalue weighted by Gasteiger charge is -2.48. The predicted molar refractivity (Wildman–Crippen MR) is 175 cm³/mol. The van der Waals surface area contributed by atoms with Crippen LogP contribution in [-0.4, -0.2) is 53.8 Å². The lowest BCUT2D eigenvalue weighted by atomic mass is 9.88. The van der Waals surface area contributed by atoms with Crippen molar-refractivity contribution in [1.82, 2.24) is 5.32 Å². The highest BCUT2D eigenvalue weighted by molar-refractivity contribution is 7.99. The molecule has 0 bridgehead atoms. The van der Waals surface area contributed by atoms with E-state index in [1.807, 2.05) is 118 Å². The van der Waals surface area contributed by atoms with Crippen LogP contribution in [0.15, 0.2) is 91.0 Å². The summed E-state index contributed by atoms with van der Waals surface area (Å²) >= 11 is 1.57. The van der Waals surface area contributed by atoms with Gasteiger partial charge >= 0.3 is 6.09 Å². The second-order valence-electron chi connectivity index (χ2n) is 12.4. The fourth-order valence-corrected chi connectivity index (χ4v) is 5.98. The fourth-order valence-electron chi connectivity index (χ4n) is 5.24. The van der Waals surface area contributed by atoms with Crippen molar-refractivity contribution in [3.63, 3.8) is 0 Å². The molecule has 3 aromatic carbocycles. The van der Waals surface area contributed by atoms with Gasteiger partial charge in [-0.05, 0) is 49.6 Å². The Balaban J connectivity index is 1.69. The Morgan fingerprint density at radius 2 is 1.18 bits per heavy atom. The normalized spacial score (nSPS) is 22.8. The van der Waals surface area contributed by atoms with Crippen LogP contribution in [-0.2, 0) is 43.5 Å². The Morgan fingerprint density at radius 1 is 0.750 bits per heavy atom. The molecule has 0 radical (unpaired) electrons. The SMILES string of the molecule is CSC1OC(C(NC(=O)OC(C)(C)C)C(C)C)C(OCc2ccccc2)C(OCc2ccccc2)C1OCc1ccccc1. The Hall–Kier alpha value is -2.88. The highest BCUT2D eigenvalue weighted by Crippen LogP contribution is 2.36. The predicted octanol–water partition coefficient (Wildman–Crippen LogP) is 7.38. The number of rotatable bonds is 13. The molecule has 238 valence electrons. The number of nitrogens with one attached hydrogen (secondary N) is 1. The number of hydrogen-bond acceptors (Lipinski definition) is 7. The van der Waals surface area contributed by atoms with E-state index in [2.05, 4.69) is 19.2 Å². The Kier molecular flexibility index (Phi) is 12.7. The van der Waals surface area contributed by atoms with E-state index in [1.165, 1.54) is 0 Å². The molecule has 1 aliphatic rings. The number of benzene rings is 3. The summed E-state index contributed by atoms with van der Waals surface area (Å²) in [6.45, 7) is 10.8. The van der Waals surface area contributed by atoms with Gasteiger partial charge in [0.2, 0.25) is 0 Å². The third kappa shape index (κ3) is 10.1. The van der Waals surface area contributed by atoms with Gasteiger partial charge in [-0.15, -0.1) is 11.8 Å². The summed E-state index contributed by atoms with van der Waals surface area (Å²) in [6, 6.07) is 29.8. The Bertz CT molecular complexity index is 1250. The number of hydrogen-bond donors (Lipinski definition) is 1. The van der Waals surface area contributed by atoms with E-state index < -0.39 is 42.2 Å². The first kappa shape index (κ1) is 34.0. The summed E-state index contributed by atoms with van der Waals surface area (Å²) in [6.07, 6.45) is -0.537. The summed E-state index contributed by atoms with van der Waals surface area (Å²) in [5.74, 6) is 0.00871. The third-order valence-corrected chi connectivity index (χ3v) is 8.22. The van der Waals surface area contributed by atoms with Gasteiger partial charge in [0.05, 0.1) is 25.9 Å². The highest BCUT2D eigenvalue weighted by Gasteiger charge is 2.51. The molecular weight excluding hydrogens is 574 g/mol. The first-order valence-corrected chi connectivity index (χ1v) is 16.6. The minimum Gasteiger partial charge on any atom is -0.444 e. The van der Waals surface area contributed by atoms with Gasteiger partial charge in [0, 0.05) is 0 Å². The van der Waals surface area contributed by atoms with Crippen LogP contribution in [0.3, 0.4) is 0 Å². The van der Waals surface area contributed by atoms with Crippen LogP contribution in [0.4, 0.5) is 4.79 Å². The molecule has 0 aromatic heterocycles. The minimum absolute atomic E-state index is 0.00871. The maximum atomic E-state index is 13.1. The first-order chi connectivity index (χ1) is 21.1. The summed E-state index contributed by atoms with van der Waals surface area (Å²) in [5.41, 5.74) is 2.13. The molecule has 3 aromatic rings. The molecule has 1 amide bonds. The summed E-state index contributed by atoms with van der Waals surface area (Å²) in [7, 11) is 0. The molecule has 8 heteroatoms. The van der Waals surface area contributed by atoms with Gasteiger partial charge in [-0.1, -0.05) is 105 Å². The summed E-state index contributed by atoms with van der Waals surface area (Å²) in [4.78, 5) is 13.1. The van der Waals surface area contributed by atoms with Gasteiger partial charge in [0.25, 0.3) is 0 Å². The van der Waals surface area contributed by atoms with Crippen molar-refractivity contribution in [1.29, 1.82) is 0 Å². The summed E-state index contributed by atoms with van der Waals surface area (Å²) < 4.78 is 32.6. The van der Waals surface area contributed by atoms with Gasteiger partial charge in [-0.25, -0.2) is 4.79 Å². The van der Waals surface area contributed by atoms with E-state index in [0.717, 1.165) is 16.7 Å². The van der Waals surface area contributed by atoms with Crippen molar-refractivity contribution in [2.24, 2.45) is 5.92 Å². The lowest BCUT2D eigenvalue weighted by Crippen LogP contribution is -2.65. The Labute approximate surface area is 267 Å². The third-order valence-electron chi connectivity index (χ3n) is 7.37. The van der Waals surface area contributed by atoms with E-state index in [9.17, 15) is 4.79 Å². The fraction of sp³-hybridized carbons (Fsp3) is 0.472. The van der Waals surface area contributed by atoms with Gasteiger partial charge in [0.15, 0.2) is 0 Å². The van der Waals surface area contributed by atoms with Crippen LogP contribution in [0.2, 0.25) is 0 Å². The van der Waals surface area contributed by atoms with E-state index in [0.29, 0.717) is 19.8 Å². The van der Waals surface area contributed by atoms with Crippen LogP contribution < -0.4 is 5.32 Å². The number of ether oxygens (including phenoxy) is 5. The molecule has 0 aliphatic carbocycles. The van der Waals surface area contributed by atoms with Crippen molar-refractivity contribution in [3.05, 3.63) is 108 Å². The number of alkyl carbamates (subject to hydrolysis) is 1. The van der Waals surface area contributed by atoms with Crippen LogP contribution in [0.5, 0.6) is 0 Å². The first-order valence-electron chi connectivity index (χ1n) is 15.3. The molecule has 4 rings (SSSR count). The van der Waals surface area contributed by atoms with Crippen LogP contribution in [0.1, 0.15) is 51.3 Å². The topological polar surface area (TPSA) is 75.3 Å². The molecule has 7 nitrogen and oxygen atoms in total. The zero-order chi connectivity index (χ0) is 31.5. The zero-order valence-electron chi connectivity index (χ0n) is 26.7. The monoisotopic (exact) mass is 621 g/mol. The van der Waals surface area contributed by atoms with E-state index >= 15 is 0 Å². The highest BCUT2D eigenvalue weighted by atomic mass is 32.2. The standard InChI is InChI=1S/C36H47NO6S/c1-25(2)29(37-35(38)43-36(3,4)5)30-31(39-22-26-16-10-7-11-17-26)32(40-23-27-18-12-8-13-19-27)33(34(42-30)44-6)41-24-28-20-14-9-15-21-28/h7-21,25,29-34H,22-24H2,1-6H3,(H,37,38). The number of thioether (sulfide) groups is 1. The summed E-state index contributed by atoms with van der Waals surface area (Å²) in [5, 5.41) is 3.11.